The van der Waals surface area contributed by atoms with Crippen molar-refractivity contribution in [1.29, 1.82) is 5.26 Å². The quantitative estimate of drug-likeness (QED) is 0.849. The summed E-state index contributed by atoms with van der Waals surface area (Å²) < 4.78 is 5.27. The molecule has 0 heterocycles. The molecule has 0 fully saturated rings. The van der Waals surface area contributed by atoms with Gasteiger partial charge in [0.25, 0.3) is 5.91 Å². The first kappa shape index (κ1) is 16.0. The van der Waals surface area contributed by atoms with Gasteiger partial charge in [0.15, 0.2) is 6.61 Å². The second-order valence-electron chi connectivity index (χ2n) is 4.62. The number of nitrogens with one attached hydrogen (secondary N) is 2. The highest BCUT2D eigenvalue weighted by atomic mass is 16.5. The Morgan fingerprint density at radius 1 is 1.00 bits per heavy atom. The van der Waals surface area contributed by atoms with Gasteiger partial charge in [0.1, 0.15) is 5.75 Å². The maximum atomic E-state index is 11.7. The SMILES string of the molecule is N#Cc1ccc(NC(=O)CNC(=O)COc2ccccc2)cc1. The number of para-hydroxylation sites is 1. The molecule has 0 saturated carbocycles. The summed E-state index contributed by atoms with van der Waals surface area (Å²) in [6.45, 7) is -0.314. The van der Waals surface area contributed by atoms with Gasteiger partial charge >= 0.3 is 0 Å². The molecule has 23 heavy (non-hydrogen) atoms. The Morgan fingerprint density at radius 2 is 1.70 bits per heavy atom. The van der Waals surface area contributed by atoms with Gasteiger partial charge in [-0.15, -0.1) is 0 Å². The number of amides is 2. The van der Waals surface area contributed by atoms with Crippen LogP contribution in [0, 0.1) is 11.3 Å². The summed E-state index contributed by atoms with van der Waals surface area (Å²) in [4.78, 5) is 23.3. The van der Waals surface area contributed by atoms with Gasteiger partial charge in [0.2, 0.25) is 5.91 Å². The highest BCUT2D eigenvalue weighted by molar-refractivity contribution is 5.94. The summed E-state index contributed by atoms with van der Waals surface area (Å²) in [6.07, 6.45) is 0. The maximum Gasteiger partial charge on any atom is 0.258 e. The first-order valence-electron chi connectivity index (χ1n) is 6.92. The van der Waals surface area contributed by atoms with Crippen LogP contribution in [0.25, 0.3) is 0 Å². The van der Waals surface area contributed by atoms with Crippen LogP contribution in [0.3, 0.4) is 0 Å². The van der Waals surface area contributed by atoms with Crippen LogP contribution in [0.4, 0.5) is 5.69 Å². The molecule has 6 heteroatoms. The molecule has 2 aromatic carbocycles. The molecule has 116 valence electrons. The van der Waals surface area contributed by atoms with E-state index in [9.17, 15) is 9.59 Å². The van der Waals surface area contributed by atoms with E-state index in [4.69, 9.17) is 10.00 Å². The molecule has 2 rings (SSSR count). The lowest BCUT2D eigenvalue weighted by molar-refractivity contribution is -0.125. The van der Waals surface area contributed by atoms with Crippen LogP contribution in [0.2, 0.25) is 0 Å². The number of rotatable bonds is 6. The monoisotopic (exact) mass is 309 g/mol. The van der Waals surface area contributed by atoms with Crippen molar-refractivity contribution in [2.24, 2.45) is 0 Å². The fourth-order valence-corrected chi connectivity index (χ4v) is 1.73. The molecule has 0 radical (unpaired) electrons. The van der Waals surface area contributed by atoms with Gasteiger partial charge in [-0.1, -0.05) is 18.2 Å². The molecule has 0 bridgehead atoms. The lowest BCUT2D eigenvalue weighted by Crippen LogP contribution is -2.35. The lowest BCUT2D eigenvalue weighted by Gasteiger charge is -2.08. The minimum atomic E-state index is -0.385. The average molecular weight is 309 g/mol. The molecule has 2 aromatic rings. The Hall–Kier alpha value is -3.33. The zero-order valence-electron chi connectivity index (χ0n) is 12.3. The second kappa shape index (κ2) is 8.20. The van der Waals surface area contributed by atoms with Gasteiger partial charge in [-0.05, 0) is 36.4 Å². The molecule has 0 aromatic heterocycles. The van der Waals surface area contributed by atoms with Crippen LogP contribution < -0.4 is 15.4 Å². The number of carbonyl (C=O) groups is 2. The maximum absolute atomic E-state index is 11.7. The highest BCUT2D eigenvalue weighted by Crippen LogP contribution is 2.08. The largest absolute Gasteiger partial charge is 0.484 e. The normalized spacial score (nSPS) is 9.52. The van der Waals surface area contributed by atoms with Crippen molar-refractivity contribution in [1.82, 2.24) is 5.32 Å². The van der Waals surface area contributed by atoms with Gasteiger partial charge in [-0.3, -0.25) is 9.59 Å². The first-order valence-corrected chi connectivity index (χ1v) is 6.92. The summed E-state index contributed by atoms with van der Waals surface area (Å²) in [6, 6.07) is 17.4. The molecule has 0 spiro atoms. The van der Waals surface area contributed by atoms with Crippen molar-refractivity contribution in [3.63, 3.8) is 0 Å². The molecule has 0 atom stereocenters. The number of nitrogens with zero attached hydrogens (tertiary/aromatic N) is 1. The molecule has 0 saturated heterocycles. The summed E-state index contributed by atoms with van der Waals surface area (Å²) in [7, 11) is 0. The fourth-order valence-electron chi connectivity index (χ4n) is 1.73. The van der Waals surface area contributed by atoms with E-state index in [0.717, 1.165) is 0 Å². The first-order chi connectivity index (χ1) is 11.2. The van der Waals surface area contributed by atoms with E-state index in [0.29, 0.717) is 17.0 Å². The smallest absolute Gasteiger partial charge is 0.258 e. The van der Waals surface area contributed by atoms with E-state index >= 15 is 0 Å². The molecule has 2 amide bonds. The Balaban J connectivity index is 1.71. The van der Waals surface area contributed by atoms with Crippen LogP contribution in [0.15, 0.2) is 54.6 Å². The van der Waals surface area contributed by atoms with Crippen LogP contribution in [0.5, 0.6) is 5.75 Å². The third kappa shape index (κ3) is 5.52. The van der Waals surface area contributed by atoms with E-state index < -0.39 is 0 Å². The number of nitriles is 1. The summed E-state index contributed by atoms with van der Waals surface area (Å²) in [5.41, 5.74) is 1.07. The molecule has 2 N–H and O–H groups in total. The minimum absolute atomic E-state index is 0.156. The number of carbonyl (C=O) groups excluding carboxylic acids is 2. The number of hydrogen-bond acceptors (Lipinski definition) is 4. The van der Waals surface area contributed by atoms with Gasteiger partial charge in [0.05, 0.1) is 18.2 Å². The summed E-state index contributed by atoms with van der Waals surface area (Å²) in [5, 5.41) is 13.8. The van der Waals surface area contributed by atoms with Crippen LogP contribution in [-0.2, 0) is 9.59 Å². The van der Waals surface area contributed by atoms with Gasteiger partial charge in [0, 0.05) is 5.69 Å². The van der Waals surface area contributed by atoms with Crippen LogP contribution in [0.1, 0.15) is 5.56 Å². The second-order valence-corrected chi connectivity index (χ2v) is 4.62. The van der Waals surface area contributed by atoms with Crippen molar-refractivity contribution in [3.8, 4) is 11.8 Å². The van der Waals surface area contributed by atoms with Crippen molar-refractivity contribution >= 4 is 17.5 Å². The van der Waals surface area contributed by atoms with Crippen molar-refractivity contribution in [3.05, 3.63) is 60.2 Å². The summed E-state index contributed by atoms with van der Waals surface area (Å²) >= 11 is 0. The molecular weight excluding hydrogens is 294 g/mol. The number of hydrogen-bond donors (Lipinski definition) is 2. The van der Waals surface area contributed by atoms with Crippen LogP contribution >= 0.6 is 0 Å². The molecular formula is C17H15N3O3. The summed E-state index contributed by atoms with van der Waals surface area (Å²) in [5.74, 6) is -0.156. The van der Waals surface area contributed by atoms with Crippen molar-refractivity contribution in [2.45, 2.75) is 0 Å². The zero-order chi connectivity index (χ0) is 16.5. The van der Waals surface area contributed by atoms with E-state index in [-0.39, 0.29) is 25.0 Å². The predicted octanol–water partition coefficient (Wildman–Crippen LogP) is 1.69. The number of ether oxygens (including phenoxy) is 1. The Labute approximate surface area is 133 Å². The average Bonchev–Trinajstić information content (AvgIpc) is 2.60. The van der Waals surface area contributed by atoms with Crippen molar-refractivity contribution in [2.75, 3.05) is 18.5 Å². The molecule has 0 unspecified atom stereocenters. The zero-order valence-corrected chi connectivity index (χ0v) is 12.3. The molecule has 0 aliphatic heterocycles. The topological polar surface area (TPSA) is 91.2 Å². The Morgan fingerprint density at radius 3 is 2.35 bits per heavy atom. The fraction of sp³-hybridized carbons (Fsp3) is 0.118. The van der Waals surface area contributed by atoms with Gasteiger partial charge < -0.3 is 15.4 Å². The Kier molecular flexibility index (Phi) is 5.72. The van der Waals surface area contributed by atoms with Crippen LogP contribution in [-0.4, -0.2) is 25.0 Å². The number of benzene rings is 2. The number of anilines is 1. The van der Waals surface area contributed by atoms with E-state index in [2.05, 4.69) is 10.6 Å². The van der Waals surface area contributed by atoms with Crippen molar-refractivity contribution < 1.29 is 14.3 Å². The van der Waals surface area contributed by atoms with E-state index in [1.54, 1.807) is 48.5 Å². The molecule has 0 aliphatic carbocycles. The molecule has 0 aliphatic rings. The predicted molar refractivity (Wildman–Crippen MR) is 84.7 cm³/mol. The third-order valence-electron chi connectivity index (χ3n) is 2.86. The third-order valence-corrected chi connectivity index (χ3v) is 2.86. The van der Waals surface area contributed by atoms with Gasteiger partial charge in [-0.25, -0.2) is 0 Å². The highest BCUT2D eigenvalue weighted by Gasteiger charge is 2.07. The van der Waals surface area contributed by atoms with E-state index in [1.807, 2.05) is 12.1 Å². The Bertz CT molecular complexity index is 706. The lowest BCUT2D eigenvalue weighted by atomic mass is 10.2. The standard InChI is InChI=1S/C17H15N3O3/c18-10-13-6-8-14(9-7-13)20-16(21)11-19-17(22)12-23-15-4-2-1-3-5-15/h1-9H,11-12H2,(H,19,22)(H,20,21). The van der Waals surface area contributed by atoms with E-state index in [1.165, 1.54) is 0 Å². The minimum Gasteiger partial charge on any atom is -0.484 e. The molecule has 6 nitrogen and oxygen atoms in total. The van der Waals surface area contributed by atoms with Gasteiger partial charge in [-0.2, -0.15) is 5.26 Å².